The molecule has 3 aromatic rings. The first-order valence-electron chi connectivity index (χ1n) is 6.83. The number of carbonyl (C=O) groups excluding carboxylic acids is 1. The largest absolute Gasteiger partial charge is 0.319 e. The molecule has 0 saturated heterocycles. The zero-order chi connectivity index (χ0) is 15.5. The summed E-state index contributed by atoms with van der Waals surface area (Å²) in [6.45, 7) is 1.86. The molecular formula is C17H14BrN3O. The Bertz CT molecular complexity index is 812. The van der Waals surface area contributed by atoms with Gasteiger partial charge in [0.15, 0.2) is 0 Å². The van der Waals surface area contributed by atoms with E-state index in [1.165, 1.54) is 0 Å². The third-order valence-electron chi connectivity index (χ3n) is 3.37. The smallest absolute Gasteiger partial charge is 0.256 e. The number of hydrogen-bond acceptors (Lipinski definition) is 2. The van der Waals surface area contributed by atoms with Crippen LogP contribution in [-0.4, -0.2) is 16.1 Å². The van der Waals surface area contributed by atoms with E-state index < -0.39 is 0 Å². The molecular weight excluding hydrogens is 342 g/mol. The predicted molar refractivity (Wildman–Crippen MR) is 90.9 cm³/mol. The molecule has 110 valence electrons. The van der Waals surface area contributed by atoms with Crippen LogP contribution >= 0.6 is 15.9 Å². The topological polar surface area (TPSA) is 57.8 Å². The van der Waals surface area contributed by atoms with Gasteiger partial charge in [0.25, 0.3) is 5.91 Å². The Morgan fingerprint density at radius 2 is 1.77 bits per heavy atom. The molecule has 0 fully saturated rings. The van der Waals surface area contributed by atoms with E-state index in [2.05, 4.69) is 31.4 Å². The van der Waals surface area contributed by atoms with Crippen LogP contribution in [0.2, 0.25) is 0 Å². The first-order valence-corrected chi connectivity index (χ1v) is 7.62. The van der Waals surface area contributed by atoms with Crippen LogP contribution in [0.25, 0.3) is 11.3 Å². The van der Waals surface area contributed by atoms with Crippen LogP contribution in [0.5, 0.6) is 0 Å². The number of nitrogens with zero attached hydrogens (tertiary/aromatic N) is 1. The Morgan fingerprint density at radius 3 is 2.50 bits per heavy atom. The van der Waals surface area contributed by atoms with Crippen molar-refractivity contribution in [3.05, 3.63) is 70.3 Å². The fourth-order valence-corrected chi connectivity index (χ4v) is 2.69. The number of hydrogen-bond donors (Lipinski definition) is 2. The van der Waals surface area contributed by atoms with Crippen molar-refractivity contribution in [3.8, 4) is 11.3 Å². The third-order valence-corrected chi connectivity index (χ3v) is 4.06. The van der Waals surface area contributed by atoms with Gasteiger partial charge in [0.05, 0.1) is 22.6 Å². The molecule has 0 aliphatic rings. The molecule has 0 atom stereocenters. The molecule has 2 N–H and O–H groups in total. The standard InChI is InChI=1S/C17H14BrN3O/c1-11-15(16(21-20-11)12-7-3-2-4-8-12)19-17(22)13-9-5-6-10-14(13)18/h2-10H,1H3,(H,19,22)(H,20,21). The van der Waals surface area contributed by atoms with Crippen LogP contribution in [-0.2, 0) is 0 Å². The maximum Gasteiger partial charge on any atom is 0.256 e. The summed E-state index contributed by atoms with van der Waals surface area (Å²) in [5.74, 6) is -0.172. The number of rotatable bonds is 3. The molecule has 0 aliphatic carbocycles. The zero-order valence-corrected chi connectivity index (χ0v) is 13.5. The highest BCUT2D eigenvalue weighted by molar-refractivity contribution is 9.10. The van der Waals surface area contributed by atoms with Crippen molar-refractivity contribution >= 4 is 27.5 Å². The lowest BCUT2D eigenvalue weighted by molar-refractivity contribution is 0.102. The van der Waals surface area contributed by atoms with Crippen molar-refractivity contribution in [3.63, 3.8) is 0 Å². The predicted octanol–water partition coefficient (Wildman–Crippen LogP) is 4.40. The normalized spacial score (nSPS) is 10.5. The number of benzene rings is 2. The van der Waals surface area contributed by atoms with Gasteiger partial charge in [0, 0.05) is 10.0 Å². The summed E-state index contributed by atoms with van der Waals surface area (Å²) in [5.41, 5.74) is 3.82. The number of aromatic nitrogens is 2. The highest BCUT2D eigenvalue weighted by Crippen LogP contribution is 2.29. The monoisotopic (exact) mass is 355 g/mol. The van der Waals surface area contributed by atoms with Gasteiger partial charge in [0.2, 0.25) is 0 Å². The lowest BCUT2D eigenvalue weighted by atomic mass is 10.1. The molecule has 1 aromatic heterocycles. The van der Waals surface area contributed by atoms with E-state index in [9.17, 15) is 4.79 Å². The number of amides is 1. The second-order valence-electron chi connectivity index (χ2n) is 4.86. The average Bonchev–Trinajstić information content (AvgIpc) is 2.89. The molecule has 1 amide bonds. The Hall–Kier alpha value is -2.40. The van der Waals surface area contributed by atoms with Crippen molar-refractivity contribution in [1.82, 2.24) is 10.2 Å². The maximum absolute atomic E-state index is 12.5. The van der Waals surface area contributed by atoms with E-state index in [1.54, 1.807) is 6.07 Å². The van der Waals surface area contributed by atoms with Gasteiger partial charge in [-0.3, -0.25) is 9.89 Å². The van der Waals surface area contributed by atoms with Gasteiger partial charge in [-0.25, -0.2) is 0 Å². The number of carbonyl (C=O) groups is 1. The Kier molecular flexibility index (Phi) is 4.06. The molecule has 0 saturated carbocycles. The summed E-state index contributed by atoms with van der Waals surface area (Å²) < 4.78 is 0.759. The van der Waals surface area contributed by atoms with Crippen molar-refractivity contribution < 1.29 is 4.79 Å². The van der Waals surface area contributed by atoms with Gasteiger partial charge >= 0.3 is 0 Å². The highest BCUT2D eigenvalue weighted by Gasteiger charge is 2.16. The summed E-state index contributed by atoms with van der Waals surface area (Å²) in [4.78, 5) is 12.5. The molecule has 0 unspecified atom stereocenters. The molecule has 0 bridgehead atoms. The number of aryl methyl sites for hydroxylation is 1. The lowest BCUT2D eigenvalue weighted by Crippen LogP contribution is -2.13. The minimum atomic E-state index is -0.172. The minimum absolute atomic E-state index is 0.172. The third kappa shape index (κ3) is 2.80. The van der Waals surface area contributed by atoms with Crippen LogP contribution in [0.1, 0.15) is 16.1 Å². The van der Waals surface area contributed by atoms with Crippen molar-refractivity contribution in [2.24, 2.45) is 0 Å². The highest BCUT2D eigenvalue weighted by atomic mass is 79.9. The van der Waals surface area contributed by atoms with Crippen LogP contribution in [0.15, 0.2) is 59.1 Å². The van der Waals surface area contributed by atoms with Gasteiger partial charge < -0.3 is 5.32 Å². The van der Waals surface area contributed by atoms with Crippen LogP contribution in [0.4, 0.5) is 5.69 Å². The van der Waals surface area contributed by atoms with Crippen molar-refractivity contribution in [2.75, 3.05) is 5.32 Å². The van der Waals surface area contributed by atoms with Gasteiger partial charge in [-0.1, -0.05) is 42.5 Å². The lowest BCUT2D eigenvalue weighted by Gasteiger charge is -2.08. The summed E-state index contributed by atoms with van der Waals surface area (Å²) in [5, 5.41) is 10.1. The molecule has 22 heavy (non-hydrogen) atoms. The van der Waals surface area contributed by atoms with E-state index in [0.29, 0.717) is 11.3 Å². The molecule has 0 aliphatic heterocycles. The summed E-state index contributed by atoms with van der Waals surface area (Å²) in [7, 11) is 0. The number of aromatic amines is 1. The number of nitrogens with one attached hydrogen (secondary N) is 2. The molecule has 1 heterocycles. The van der Waals surface area contributed by atoms with Crippen molar-refractivity contribution in [2.45, 2.75) is 6.92 Å². The first kappa shape index (κ1) is 14.5. The summed E-state index contributed by atoms with van der Waals surface area (Å²) in [6.07, 6.45) is 0. The molecule has 4 nitrogen and oxygen atoms in total. The minimum Gasteiger partial charge on any atom is -0.319 e. The van der Waals surface area contributed by atoms with Gasteiger partial charge in [-0.05, 0) is 35.0 Å². The molecule has 0 radical (unpaired) electrons. The van der Waals surface area contributed by atoms with E-state index in [4.69, 9.17) is 0 Å². The van der Waals surface area contributed by atoms with Crippen LogP contribution in [0.3, 0.4) is 0 Å². The molecule has 2 aromatic carbocycles. The second-order valence-corrected chi connectivity index (χ2v) is 5.71. The Balaban J connectivity index is 1.95. The fourth-order valence-electron chi connectivity index (χ4n) is 2.23. The number of anilines is 1. The Labute approximate surface area is 136 Å². The summed E-state index contributed by atoms with van der Waals surface area (Å²) in [6, 6.07) is 17.1. The number of H-pyrrole nitrogens is 1. The SMILES string of the molecule is Cc1n[nH]c(-c2ccccc2)c1NC(=O)c1ccccc1Br. The molecule has 0 spiro atoms. The van der Waals surface area contributed by atoms with E-state index in [1.807, 2.05) is 55.5 Å². The summed E-state index contributed by atoms with van der Waals surface area (Å²) >= 11 is 3.40. The molecule has 5 heteroatoms. The second kappa shape index (κ2) is 6.15. The quantitative estimate of drug-likeness (QED) is 0.731. The van der Waals surface area contributed by atoms with E-state index in [0.717, 1.165) is 21.4 Å². The zero-order valence-electron chi connectivity index (χ0n) is 11.9. The van der Waals surface area contributed by atoms with Gasteiger partial charge in [-0.15, -0.1) is 0 Å². The average molecular weight is 356 g/mol. The van der Waals surface area contributed by atoms with Crippen LogP contribution < -0.4 is 5.32 Å². The Morgan fingerprint density at radius 1 is 1.09 bits per heavy atom. The van der Waals surface area contributed by atoms with Gasteiger partial charge in [-0.2, -0.15) is 5.10 Å². The maximum atomic E-state index is 12.5. The number of halogens is 1. The van der Waals surface area contributed by atoms with Crippen LogP contribution in [0, 0.1) is 6.92 Å². The van der Waals surface area contributed by atoms with E-state index in [-0.39, 0.29) is 5.91 Å². The molecule has 3 rings (SSSR count). The first-order chi connectivity index (χ1) is 10.7. The van der Waals surface area contributed by atoms with Crippen molar-refractivity contribution in [1.29, 1.82) is 0 Å². The van der Waals surface area contributed by atoms with E-state index >= 15 is 0 Å². The van der Waals surface area contributed by atoms with Gasteiger partial charge in [0.1, 0.15) is 0 Å². The fraction of sp³-hybridized carbons (Fsp3) is 0.0588.